The van der Waals surface area contributed by atoms with Crippen LogP contribution in [0.25, 0.3) is 21.9 Å². The number of nitrogens with one attached hydrogen (secondary N) is 2. The van der Waals surface area contributed by atoms with Gasteiger partial charge in [-0.3, -0.25) is 0 Å². The number of rotatable bonds is 11. The molecule has 0 aliphatic carbocycles. The largest absolute Gasteiger partial charge is 0.382 e. The summed E-state index contributed by atoms with van der Waals surface area (Å²) in [6.07, 6.45) is 5.17. The Morgan fingerprint density at radius 1 is 1.00 bits per heavy atom. The minimum absolute atomic E-state index is 0.0624. The van der Waals surface area contributed by atoms with Gasteiger partial charge in [0.25, 0.3) is 10.0 Å². The van der Waals surface area contributed by atoms with E-state index in [1.54, 1.807) is 12.1 Å². The van der Waals surface area contributed by atoms with Gasteiger partial charge in [-0.2, -0.15) is 0 Å². The molecule has 4 N–H and O–H groups in total. The second kappa shape index (κ2) is 11.6. The number of unbranched alkanes of at least 4 members (excludes halogenated alkanes) is 2. The Hall–Kier alpha value is -3.66. The molecular formula is C27H34N6O3S. The third kappa shape index (κ3) is 6.02. The number of aryl methyl sites for hydroxylation is 3. The topological polar surface area (TPSA) is 132 Å². The Bertz CT molecular complexity index is 1500. The van der Waals surface area contributed by atoms with E-state index >= 15 is 0 Å². The van der Waals surface area contributed by atoms with E-state index in [0.717, 1.165) is 65.4 Å². The van der Waals surface area contributed by atoms with Crippen molar-refractivity contribution in [3.8, 4) is 0 Å². The number of carbonyl (C=O) groups is 1. The zero-order valence-corrected chi connectivity index (χ0v) is 22.1. The Kier molecular flexibility index (Phi) is 8.27. The molecule has 0 saturated carbocycles. The Labute approximate surface area is 217 Å². The quantitative estimate of drug-likeness (QED) is 0.248. The molecule has 2 heterocycles. The number of hydrogen-bond acceptors (Lipinski definition) is 6. The highest BCUT2D eigenvalue weighted by Crippen LogP contribution is 2.29. The minimum atomic E-state index is -3.92. The van der Waals surface area contributed by atoms with E-state index in [1.165, 1.54) is 12.1 Å². The SMILES string of the molecule is CCCCc1nc2c(N)nc3ccccc3c2n1CCCCNC(=O)NS(=O)(=O)c1ccc(CC)cc1. The van der Waals surface area contributed by atoms with Gasteiger partial charge in [0.1, 0.15) is 11.3 Å². The van der Waals surface area contributed by atoms with Crippen molar-refractivity contribution in [2.75, 3.05) is 12.3 Å². The number of anilines is 1. The van der Waals surface area contributed by atoms with Gasteiger partial charge in [-0.15, -0.1) is 0 Å². The predicted molar refractivity (Wildman–Crippen MR) is 147 cm³/mol. The van der Waals surface area contributed by atoms with Crippen molar-refractivity contribution in [3.63, 3.8) is 0 Å². The second-order valence-corrected chi connectivity index (χ2v) is 10.7. The summed E-state index contributed by atoms with van der Waals surface area (Å²) >= 11 is 0. The average molecular weight is 523 g/mol. The number of hydrogen-bond donors (Lipinski definition) is 3. The molecule has 0 fully saturated rings. The van der Waals surface area contributed by atoms with Crippen LogP contribution in [0.3, 0.4) is 0 Å². The van der Waals surface area contributed by atoms with Gasteiger partial charge in [-0.25, -0.2) is 27.9 Å². The first kappa shape index (κ1) is 26.4. The van der Waals surface area contributed by atoms with Crippen LogP contribution in [0.5, 0.6) is 0 Å². The number of nitrogens with two attached hydrogens (primary N) is 1. The van der Waals surface area contributed by atoms with Crippen molar-refractivity contribution in [2.45, 2.75) is 63.8 Å². The third-order valence-corrected chi connectivity index (χ3v) is 7.75. The van der Waals surface area contributed by atoms with E-state index in [0.29, 0.717) is 25.3 Å². The summed E-state index contributed by atoms with van der Waals surface area (Å²) in [4.78, 5) is 21.7. The van der Waals surface area contributed by atoms with E-state index < -0.39 is 16.1 Å². The molecule has 10 heteroatoms. The highest BCUT2D eigenvalue weighted by molar-refractivity contribution is 7.90. The van der Waals surface area contributed by atoms with Crippen molar-refractivity contribution in [2.24, 2.45) is 0 Å². The van der Waals surface area contributed by atoms with E-state index in [1.807, 2.05) is 31.2 Å². The molecule has 0 aliphatic heterocycles. The summed E-state index contributed by atoms with van der Waals surface area (Å²) in [7, 11) is -3.92. The molecule has 0 radical (unpaired) electrons. The molecule has 2 amide bonds. The number of aromatic nitrogens is 3. The molecule has 0 bridgehead atoms. The van der Waals surface area contributed by atoms with E-state index in [4.69, 9.17) is 10.7 Å². The van der Waals surface area contributed by atoms with Gasteiger partial charge in [-0.1, -0.05) is 50.6 Å². The number of nitrogen functional groups attached to an aromatic ring is 1. The number of nitrogens with zero attached hydrogens (tertiary/aromatic N) is 3. The van der Waals surface area contributed by atoms with Crippen molar-refractivity contribution >= 4 is 43.8 Å². The van der Waals surface area contributed by atoms with Gasteiger partial charge in [0.15, 0.2) is 5.82 Å². The Morgan fingerprint density at radius 3 is 2.49 bits per heavy atom. The van der Waals surface area contributed by atoms with E-state index in [2.05, 4.69) is 26.5 Å². The molecular weight excluding hydrogens is 488 g/mol. The molecule has 0 unspecified atom stereocenters. The maximum Gasteiger partial charge on any atom is 0.328 e. The average Bonchev–Trinajstić information content (AvgIpc) is 3.26. The summed E-state index contributed by atoms with van der Waals surface area (Å²) in [6, 6.07) is 13.7. The standard InChI is InChI=1S/C27H34N6O3S/c1-3-5-12-23-31-24-25(21-10-6-7-11-22(21)30-26(24)28)33(23)18-9-8-17-29-27(34)32-37(35,36)20-15-13-19(4-2)14-16-20/h6-7,10-11,13-16H,3-5,8-9,12,17-18H2,1-2H3,(H2,28,30)(H2,29,32,34). The maximum absolute atomic E-state index is 12.5. The molecule has 9 nitrogen and oxygen atoms in total. The lowest BCUT2D eigenvalue weighted by atomic mass is 10.2. The van der Waals surface area contributed by atoms with Gasteiger partial charge in [0.05, 0.1) is 15.9 Å². The number of para-hydroxylation sites is 1. The lowest BCUT2D eigenvalue weighted by molar-refractivity contribution is 0.245. The van der Waals surface area contributed by atoms with Crippen LogP contribution in [-0.2, 0) is 29.4 Å². The number of urea groups is 1. The molecule has 0 saturated heterocycles. The molecule has 0 atom stereocenters. The number of benzene rings is 2. The fourth-order valence-electron chi connectivity index (χ4n) is 4.39. The Balaban J connectivity index is 1.39. The zero-order chi connectivity index (χ0) is 26.4. The first-order valence-electron chi connectivity index (χ1n) is 12.8. The fraction of sp³-hybridized carbons (Fsp3) is 0.370. The lowest BCUT2D eigenvalue weighted by Gasteiger charge is -2.12. The maximum atomic E-state index is 12.5. The van der Waals surface area contributed by atoms with Crippen molar-refractivity contribution in [1.29, 1.82) is 0 Å². The lowest BCUT2D eigenvalue weighted by Crippen LogP contribution is -2.39. The second-order valence-electron chi connectivity index (χ2n) is 9.06. The number of amides is 2. The van der Waals surface area contributed by atoms with E-state index in [9.17, 15) is 13.2 Å². The van der Waals surface area contributed by atoms with Gasteiger partial charge in [-0.05, 0) is 49.4 Å². The van der Waals surface area contributed by atoms with Crippen LogP contribution >= 0.6 is 0 Å². The van der Waals surface area contributed by atoms with Gasteiger partial charge in [0, 0.05) is 24.9 Å². The smallest absolute Gasteiger partial charge is 0.328 e. The summed E-state index contributed by atoms with van der Waals surface area (Å²) in [5, 5.41) is 3.66. The molecule has 0 spiro atoms. The molecule has 4 aromatic rings. The van der Waals surface area contributed by atoms with E-state index in [-0.39, 0.29) is 4.90 Å². The van der Waals surface area contributed by atoms with Gasteiger partial charge in [0.2, 0.25) is 0 Å². The van der Waals surface area contributed by atoms with Crippen molar-refractivity contribution in [3.05, 3.63) is 59.9 Å². The highest BCUT2D eigenvalue weighted by Gasteiger charge is 2.18. The number of fused-ring (bicyclic) bond motifs is 3. The normalized spacial score (nSPS) is 11.7. The molecule has 196 valence electrons. The summed E-state index contributed by atoms with van der Waals surface area (Å²) in [5.74, 6) is 1.40. The number of carbonyl (C=O) groups excluding carboxylic acids is 1. The number of pyridine rings is 1. The highest BCUT2D eigenvalue weighted by atomic mass is 32.2. The molecule has 2 aromatic heterocycles. The molecule has 37 heavy (non-hydrogen) atoms. The van der Waals surface area contributed by atoms with Crippen LogP contribution in [-0.4, -0.2) is 35.5 Å². The first-order chi connectivity index (χ1) is 17.8. The minimum Gasteiger partial charge on any atom is -0.382 e. The molecule has 2 aromatic carbocycles. The van der Waals surface area contributed by atoms with Gasteiger partial charge < -0.3 is 15.6 Å². The summed E-state index contributed by atoms with van der Waals surface area (Å²) in [6.45, 7) is 5.19. The van der Waals surface area contributed by atoms with Crippen LogP contribution in [0.4, 0.5) is 10.6 Å². The predicted octanol–water partition coefficient (Wildman–Crippen LogP) is 4.54. The summed E-state index contributed by atoms with van der Waals surface area (Å²) < 4.78 is 29.2. The number of imidazole rings is 1. The molecule has 4 rings (SSSR count). The van der Waals surface area contributed by atoms with Crippen LogP contribution in [0.2, 0.25) is 0 Å². The monoisotopic (exact) mass is 522 g/mol. The zero-order valence-electron chi connectivity index (χ0n) is 21.3. The van der Waals surface area contributed by atoms with Crippen molar-refractivity contribution in [1.82, 2.24) is 24.6 Å². The number of sulfonamides is 1. The van der Waals surface area contributed by atoms with Crippen LogP contribution in [0.1, 0.15) is 50.9 Å². The van der Waals surface area contributed by atoms with Crippen LogP contribution in [0, 0.1) is 0 Å². The summed E-state index contributed by atoms with van der Waals surface area (Å²) in [5.41, 5.74) is 9.83. The van der Waals surface area contributed by atoms with Crippen LogP contribution in [0.15, 0.2) is 53.4 Å². The molecule has 0 aliphatic rings. The first-order valence-corrected chi connectivity index (χ1v) is 14.2. The van der Waals surface area contributed by atoms with Crippen molar-refractivity contribution < 1.29 is 13.2 Å². The fourth-order valence-corrected chi connectivity index (χ4v) is 5.32. The van der Waals surface area contributed by atoms with Gasteiger partial charge >= 0.3 is 6.03 Å². The third-order valence-electron chi connectivity index (χ3n) is 6.41. The van der Waals surface area contributed by atoms with Crippen LogP contribution < -0.4 is 15.8 Å². The Morgan fingerprint density at radius 2 is 1.76 bits per heavy atom.